The van der Waals surface area contributed by atoms with Crippen molar-refractivity contribution in [2.45, 2.75) is 6.92 Å². The first-order chi connectivity index (χ1) is 14.6. The number of methoxy groups -OCH3 is 1. The number of amides is 2. The highest BCUT2D eigenvalue weighted by molar-refractivity contribution is 6.11. The molecule has 154 valence electrons. The zero-order valence-electron chi connectivity index (χ0n) is 17.0. The molecule has 6 nitrogen and oxygen atoms in total. The van der Waals surface area contributed by atoms with Gasteiger partial charge in [-0.05, 0) is 43.3 Å². The van der Waals surface area contributed by atoms with E-state index >= 15 is 0 Å². The first-order valence-corrected chi connectivity index (χ1v) is 9.65. The molecule has 0 saturated heterocycles. The van der Waals surface area contributed by atoms with Crippen LogP contribution in [0.15, 0.2) is 78.9 Å². The van der Waals surface area contributed by atoms with E-state index in [0.29, 0.717) is 29.3 Å². The van der Waals surface area contributed by atoms with Crippen molar-refractivity contribution in [3.63, 3.8) is 0 Å². The molecule has 0 atom stereocenters. The molecule has 3 aromatic carbocycles. The van der Waals surface area contributed by atoms with E-state index in [1.165, 1.54) is 7.11 Å². The normalized spacial score (nSPS) is 10.2. The Hall–Kier alpha value is -3.80. The molecular formula is C24H24N2O4. The molecule has 0 bridgehead atoms. The summed E-state index contributed by atoms with van der Waals surface area (Å²) in [5.74, 6) is 0.456. The Morgan fingerprint density at radius 3 is 2.20 bits per heavy atom. The second-order valence-corrected chi connectivity index (χ2v) is 6.42. The molecular weight excluding hydrogens is 380 g/mol. The highest BCUT2D eigenvalue weighted by Crippen LogP contribution is 2.26. The monoisotopic (exact) mass is 404 g/mol. The Bertz CT molecular complexity index is 1000. The summed E-state index contributed by atoms with van der Waals surface area (Å²) >= 11 is 0. The van der Waals surface area contributed by atoms with Crippen LogP contribution in [-0.4, -0.2) is 32.1 Å². The third kappa shape index (κ3) is 4.97. The standard InChI is InChI=1S/C24H24N2O4/c1-3-26(18-11-5-4-6-12-18)24(28)19-13-7-8-14-20(19)25-23(27)17-30-22-16-10-9-15-21(22)29-2/h4-16H,3,17H2,1-2H3,(H,25,27). The van der Waals surface area contributed by atoms with E-state index in [-0.39, 0.29) is 18.4 Å². The van der Waals surface area contributed by atoms with Crippen LogP contribution < -0.4 is 19.7 Å². The maximum atomic E-state index is 13.2. The molecule has 0 unspecified atom stereocenters. The average molecular weight is 404 g/mol. The number of nitrogens with zero attached hydrogens (tertiary/aromatic N) is 1. The number of anilines is 2. The van der Waals surface area contributed by atoms with Crippen LogP contribution in [0.2, 0.25) is 0 Å². The van der Waals surface area contributed by atoms with Crippen molar-refractivity contribution in [2.24, 2.45) is 0 Å². The Kier molecular flexibility index (Phi) is 7.05. The summed E-state index contributed by atoms with van der Waals surface area (Å²) in [4.78, 5) is 27.3. The zero-order chi connectivity index (χ0) is 21.3. The summed E-state index contributed by atoms with van der Waals surface area (Å²) in [6.45, 7) is 2.20. The highest BCUT2D eigenvalue weighted by atomic mass is 16.5. The van der Waals surface area contributed by atoms with E-state index < -0.39 is 0 Å². The first-order valence-electron chi connectivity index (χ1n) is 9.65. The second-order valence-electron chi connectivity index (χ2n) is 6.42. The van der Waals surface area contributed by atoms with Gasteiger partial charge in [0.2, 0.25) is 0 Å². The van der Waals surface area contributed by atoms with Gasteiger partial charge >= 0.3 is 0 Å². The largest absolute Gasteiger partial charge is 0.493 e. The van der Waals surface area contributed by atoms with Crippen LogP contribution in [0.3, 0.4) is 0 Å². The number of rotatable bonds is 8. The molecule has 30 heavy (non-hydrogen) atoms. The number of carbonyl (C=O) groups excluding carboxylic acids is 2. The fourth-order valence-corrected chi connectivity index (χ4v) is 3.04. The predicted octanol–water partition coefficient (Wildman–Crippen LogP) is 4.38. The van der Waals surface area contributed by atoms with Crippen LogP contribution >= 0.6 is 0 Å². The highest BCUT2D eigenvalue weighted by Gasteiger charge is 2.20. The lowest BCUT2D eigenvalue weighted by Gasteiger charge is -2.22. The molecule has 1 N–H and O–H groups in total. The smallest absolute Gasteiger partial charge is 0.262 e. The van der Waals surface area contributed by atoms with E-state index in [1.54, 1.807) is 47.4 Å². The Morgan fingerprint density at radius 2 is 1.50 bits per heavy atom. The molecule has 0 spiro atoms. The number of hydrogen-bond donors (Lipinski definition) is 1. The molecule has 0 heterocycles. The zero-order valence-corrected chi connectivity index (χ0v) is 17.0. The van der Waals surface area contributed by atoms with E-state index in [0.717, 1.165) is 5.69 Å². The molecule has 0 aliphatic carbocycles. The van der Waals surface area contributed by atoms with Crippen molar-refractivity contribution in [2.75, 3.05) is 30.5 Å². The van der Waals surface area contributed by atoms with E-state index in [9.17, 15) is 9.59 Å². The third-order valence-corrected chi connectivity index (χ3v) is 4.49. The topological polar surface area (TPSA) is 67.9 Å². The molecule has 0 aromatic heterocycles. The van der Waals surface area contributed by atoms with E-state index in [4.69, 9.17) is 9.47 Å². The van der Waals surface area contributed by atoms with Crippen LogP contribution in [0.1, 0.15) is 17.3 Å². The molecule has 0 radical (unpaired) electrons. The average Bonchev–Trinajstić information content (AvgIpc) is 2.79. The van der Waals surface area contributed by atoms with Gasteiger partial charge in [-0.25, -0.2) is 0 Å². The Balaban J connectivity index is 1.73. The van der Waals surface area contributed by atoms with Crippen molar-refractivity contribution in [3.05, 3.63) is 84.4 Å². The molecule has 0 aliphatic heterocycles. The lowest BCUT2D eigenvalue weighted by atomic mass is 10.1. The molecule has 2 amide bonds. The minimum Gasteiger partial charge on any atom is -0.493 e. The van der Waals surface area contributed by atoms with Gasteiger partial charge in [0, 0.05) is 12.2 Å². The number of hydrogen-bond acceptors (Lipinski definition) is 4. The summed E-state index contributed by atoms with van der Waals surface area (Å²) in [5.41, 5.74) is 1.64. The summed E-state index contributed by atoms with van der Waals surface area (Å²) in [6.07, 6.45) is 0. The number of benzene rings is 3. The SMILES string of the molecule is CCN(C(=O)c1ccccc1NC(=O)COc1ccccc1OC)c1ccccc1. The first kappa shape index (κ1) is 20.9. The van der Waals surface area contributed by atoms with Crippen LogP contribution in [0.4, 0.5) is 11.4 Å². The maximum Gasteiger partial charge on any atom is 0.262 e. The molecule has 0 fully saturated rings. The molecule has 6 heteroatoms. The fraction of sp³-hybridized carbons (Fsp3) is 0.167. The predicted molar refractivity (Wildman–Crippen MR) is 117 cm³/mol. The number of nitrogens with one attached hydrogen (secondary N) is 1. The molecule has 3 rings (SSSR count). The van der Waals surface area contributed by atoms with Crippen LogP contribution in [-0.2, 0) is 4.79 Å². The fourth-order valence-electron chi connectivity index (χ4n) is 3.04. The number of para-hydroxylation sites is 4. The lowest BCUT2D eigenvalue weighted by Crippen LogP contribution is -2.32. The minimum absolute atomic E-state index is 0.190. The van der Waals surface area contributed by atoms with Crippen molar-refractivity contribution in [1.29, 1.82) is 0 Å². The summed E-state index contributed by atoms with van der Waals surface area (Å²) in [7, 11) is 1.54. The summed E-state index contributed by atoms with van der Waals surface area (Å²) in [5, 5.41) is 2.78. The third-order valence-electron chi connectivity index (χ3n) is 4.49. The quantitative estimate of drug-likeness (QED) is 0.605. The van der Waals surface area contributed by atoms with Gasteiger partial charge in [-0.2, -0.15) is 0 Å². The van der Waals surface area contributed by atoms with Crippen LogP contribution in [0.25, 0.3) is 0 Å². The lowest BCUT2D eigenvalue weighted by molar-refractivity contribution is -0.118. The van der Waals surface area contributed by atoms with Crippen molar-refractivity contribution in [1.82, 2.24) is 0 Å². The minimum atomic E-state index is -0.371. The Morgan fingerprint density at radius 1 is 0.867 bits per heavy atom. The van der Waals surface area contributed by atoms with Crippen LogP contribution in [0.5, 0.6) is 11.5 Å². The molecule has 3 aromatic rings. The van der Waals surface area contributed by atoms with Crippen LogP contribution in [0, 0.1) is 0 Å². The Labute approximate surface area is 176 Å². The van der Waals surface area contributed by atoms with Gasteiger partial charge in [-0.3, -0.25) is 9.59 Å². The van der Waals surface area contributed by atoms with Gasteiger partial charge < -0.3 is 19.7 Å². The number of ether oxygens (including phenoxy) is 2. The molecule has 0 aliphatic rings. The van der Waals surface area contributed by atoms with Crippen molar-refractivity contribution in [3.8, 4) is 11.5 Å². The van der Waals surface area contributed by atoms with E-state index in [2.05, 4.69) is 5.32 Å². The maximum absolute atomic E-state index is 13.2. The van der Waals surface area contributed by atoms with Crippen molar-refractivity contribution >= 4 is 23.2 Å². The van der Waals surface area contributed by atoms with Gasteiger partial charge in [0.05, 0.1) is 18.4 Å². The van der Waals surface area contributed by atoms with E-state index in [1.807, 2.05) is 43.3 Å². The number of carbonyl (C=O) groups is 2. The summed E-state index contributed by atoms with van der Waals surface area (Å²) < 4.78 is 10.8. The summed E-state index contributed by atoms with van der Waals surface area (Å²) in [6, 6.07) is 23.5. The van der Waals surface area contributed by atoms with Crippen molar-refractivity contribution < 1.29 is 19.1 Å². The van der Waals surface area contributed by atoms with Gasteiger partial charge in [0.25, 0.3) is 11.8 Å². The molecule has 0 saturated carbocycles. The van der Waals surface area contributed by atoms with Gasteiger partial charge in [-0.1, -0.05) is 42.5 Å². The van der Waals surface area contributed by atoms with Gasteiger partial charge in [0.15, 0.2) is 18.1 Å². The van der Waals surface area contributed by atoms with Gasteiger partial charge in [0.1, 0.15) is 0 Å². The van der Waals surface area contributed by atoms with Gasteiger partial charge in [-0.15, -0.1) is 0 Å². The second kappa shape index (κ2) is 10.1.